The van der Waals surface area contributed by atoms with Gasteiger partial charge in [0.15, 0.2) is 0 Å². The van der Waals surface area contributed by atoms with Gasteiger partial charge in [0.25, 0.3) is 0 Å². The van der Waals surface area contributed by atoms with Crippen molar-refractivity contribution in [2.24, 2.45) is 5.41 Å². The lowest BCUT2D eigenvalue weighted by Gasteiger charge is -2.44. The lowest BCUT2D eigenvalue weighted by molar-refractivity contribution is -0.157. The van der Waals surface area contributed by atoms with Crippen LogP contribution in [0, 0.1) is 25.1 Å². The summed E-state index contributed by atoms with van der Waals surface area (Å²) in [6.07, 6.45) is -0.514. The molecule has 0 spiro atoms. The second-order valence-electron chi connectivity index (χ2n) is 7.13. The second kappa shape index (κ2) is 7.03. The molecule has 1 fully saturated rings. The van der Waals surface area contributed by atoms with E-state index in [-0.39, 0.29) is 18.8 Å². The van der Waals surface area contributed by atoms with Crippen molar-refractivity contribution in [3.05, 3.63) is 59.0 Å². The number of pyridine rings is 1. The molecule has 3 rings (SSSR count). The minimum atomic E-state index is -1.37. The first-order valence-electron chi connectivity index (χ1n) is 8.66. The fraction of sp³-hybridized carbons (Fsp3) is 0.400. The highest BCUT2D eigenvalue weighted by Gasteiger charge is 2.49. The van der Waals surface area contributed by atoms with Crippen molar-refractivity contribution >= 4 is 11.8 Å². The van der Waals surface area contributed by atoms with Crippen molar-refractivity contribution < 1.29 is 19.4 Å². The molecule has 2 aromatic rings. The van der Waals surface area contributed by atoms with Crippen molar-refractivity contribution in [3.63, 3.8) is 0 Å². The smallest absolute Gasteiger partial charge is 0.314 e. The summed E-state index contributed by atoms with van der Waals surface area (Å²) >= 11 is 0. The van der Waals surface area contributed by atoms with Gasteiger partial charge in [-0.3, -0.25) is 4.79 Å². The molecule has 138 valence electrons. The third-order valence-electron chi connectivity index (χ3n) is 5.05. The molecule has 1 aliphatic rings. The number of benzene rings is 1. The SMILES string of the molecule is Cc1cc(C)nc(N2CC[C@@H](O)[C@](Cc3ccc(F)cc3)(C(=O)O)C2)c1. The number of carboxylic acids is 1. The van der Waals surface area contributed by atoms with Crippen molar-refractivity contribution in [3.8, 4) is 0 Å². The number of carbonyl (C=O) groups is 1. The van der Waals surface area contributed by atoms with Gasteiger partial charge in [0.2, 0.25) is 0 Å². The number of nitrogens with zero attached hydrogens (tertiary/aromatic N) is 2. The summed E-state index contributed by atoms with van der Waals surface area (Å²) in [5, 5.41) is 20.5. The molecule has 1 aliphatic heterocycles. The molecule has 0 saturated carbocycles. The highest BCUT2D eigenvalue weighted by atomic mass is 19.1. The number of piperidine rings is 1. The van der Waals surface area contributed by atoms with Crippen molar-refractivity contribution in [1.29, 1.82) is 0 Å². The number of aromatic nitrogens is 1. The summed E-state index contributed by atoms with van der Waals surface area (Å²) in [6, 6.07) is 9.65. The zero-order chi connectivity index (χ0) is 18.9. The quantitative estimate of drug-likeness (QED) is 0.879. The molecule has 2 N–H and O–H groups in total. The lowest BCUT2D eigenvalue weighted by atomic mass is 9.73. The second-order valence-corrected chi connectivity index (χ2v) is 7.13. The van der Waals surface area contributed by atoms with Crippen LogP contribution in [0.15, 0.2) is 36.4 Å². The van der Waals surface area contributed by atoms with Crippen LogP contribution >= 0.6 is 0 Å². The molecule has 0 radical (unpaired) electrons. The molecule has 1 saturated heterocycles. The van der Waals surface area contributed by atoms with E-state index in [0.29, 0.717) is 18.5 Å². The monoisotopic (exact) mass is 358 g/mol. The van der Waals surface area contributed by atoms with E-state index in [2.05, 4.69) is 4.98 Å². The van der Waals surface area contributed by atoms with E-state index in [1.54, 1.807) is 12.1 Å². The van der Waals surface area contributed by atoms with Crippen molar-refractivity contribution in [1.82, 2.24) is 4.98 Å². The Labute approximate surface area is 152 Å². The number of carboxylic acid groups (broad SMARTS) is 1. The van der Waals surface area contributed by atoms with Crippen LogP contribution in [0.4, 0.5) is 10.2 Å². The Balaban J connectivity index is 1.94. The first-order valence-corrected chi connectivity index (χ1v) is 8.66. The summed E-state index contributed by atoms with van der Waals surface area (Å²) < 4.78 is 13.2. The number of hydrogen-bond donors (Lipinski definition) is 2. The Bertz CT molecular complexity index is 789. The van der Waals surface area contributed by atoms with Crippen LogP contribution in [0.25, 0.3) is 0 Å². The molecular formula is C20H23FN2O3. The van der Waals surface area contributed by atoms with Crippen LogP contribution in [-0.4, -0.2) is 40.4 Å². The van der Waals surface area contributed by atoms with Gasteiger partial charge in [-0.1, -0.05) is 12.1 Å². The number of halogens is 1. The fourth-order valence-electron chi connectivity index (χ4n) is 3.68. The van der Waals surface area contributed by atoms with E-state index < -0.39 is 17.5 Å². The molecule has 2 heterocycles. The Kier molecular flexibility index (Phi) is 4.96. The van der Waals surface area contributed by atoms with Crippen molar-refractivity contribution in [2.45, 2.75) is 32.8 Å². The van der Waals surface area contributed by atoms with Crippen LogP contribution in [0.5, 0.6) is 0 Å². The molecule has 0 unspecified atom stereocenters. The topological polar surface area (TPSA) is 73.7 Å². The van der Waals surface area contributed by atoms with Crippen molar-refractivity contribution in [2.75, 3.05) is 18.0 Å². The standard InChI is InChI=1S/C20H23FN2O3/c1-13-9-14(2)22-18(10-13)23-8-7-17(24)20(12-23,19(25)26)11-15-3-5-16(21)6-4-15/h3-6,9-10,17,24H,7-8,11-12H2,1-2H3,(H,25,26)/t17-,20-/m1/s1. The molecule has 0 aliphatic carbocycles. The molecule has 2 atom stereocenters. The maximum atomic E-state index is 13.2. The molecule has 0 bridgehead atoms. The third kappa shape index (κ3) is 3.55. The Morgan fingerprint density at radius 2 is 2.00 bits per heavy atom. The van der Waals surface area contributed by atoms with E-state index in [9.17, 15) is 19.4 Å². The number of aryl methyl sites for hydroxylation is 2. The normalized spacial score (nSPS) is 23.1. The van der Waals surface area contributed by atoms with Crippen LogP contribution < -0.4 is 4.90 Å². The summed E-state index contributed by atoms with van der Waals surface area (Å²) in [7, 11) is 0. The molecule has 5 nitrogen and oxygen atoms in total. The minimum Gasteiger partial charge on any atom is -0.481 e. The van der Waals surface area contributed by atoms with E-state index in [4.69, 9.17) is 0 Å². The van der Waals surface area contributed by atoms with Crippen LogP contribution in [-0.2, 0) is 11.2 Å². The van der Waals surface area contributed by atoms with Gasteiger partial charge < -0.3 is 15.1 Å². The van der Waals surface area contributed by atoms with Gasteiger partial charge in [0, 0.05) is 18.8 Å². The first kappa shape index (κ1) is 18.3. The summed E-state index contributed by atoms with van der Waals surface area (Å²) in [5.41, 5.74) is 1.24. The Hall–Kier alpha value is -2.47. The predicted molar refractivity (Wildman–Crippen MR) is 96.7 cm³/mol. The fourth-order valence-corrected chi connectivity index (χ4v) is 3.68. The average Bonchev–Trinajstić information content (AvgIpc) is 2.58. The molecule has 1 aromatic heterocycles. The van der Waals surface area contributed by atoms with Gasteiger partial charge in [0.05, 0.1) is 6.10 Å². The van der Waals surface area contributed by atoms with Crippen LogP contribution in [0.2, 0.25) is 0 Å². The third-order valence-corrected chi connectivity index (χ3v) is 5.05. The van der Waals surface area contributed by atoms with Gasteiger partial charge in [0.1, 0.15) is 17.1 Å². The summed E-state index contributed by atoms with van der Waals surface area (Å²) in [4.78, 5) is 18.6. The zero-order valence-corrected chi connectivity index (χ0v) is 14.9. The van der Waals surface area contributed by atoms with E-state index in [0.717, 1.165) is 17.1 Å². The van der Waals surface area contributed by atoms with Crippen LogP contribution in [0.1, 0.15) is 23.2 Å². The highest BCUT2D eigenvalue weighted by molar-refractivity contribution is 5.77. The number of aliphatic hydroxyl groups is 1. The van der Waals surface area contributed by atoms with Gasteiger partial charge in [-0.25, -0.2) is 9.37 Å². The van der Waals surface area contributed by atoms with Gasteiger partial charge >= 0.3 is 5.97 Å². The highest BCUT2D eigenvalue weighted by Crippen LogP contribution is 2.36. The Morgan fingerprint density at radius 3 is 2.62 bits per heavy atom. The molecule has 0 amide bonds. The zero-order valence-electron chi connectivity index (χ0n) is 14.9. The summed E-state index contributed by atoms with van der Waals surface area (Å²) in [6.45, 7) is 4.56. The maximum absolute atomic E-state index is 13.2. The largest absolute Gasteiger partial charge is 0.481 e. The van der Waals surface area contributed by atoms with Crippen LogP contribution in [0.3, 0.4) is 0 Å². The lowest BCUT2D eigenvalue weighted by Crippen LogP contribution is -2.57. The first-order chi connectivity index (χ1) is 12.3. The summed E-state index contributed by atoms with van der Waals surface area (Å²) in [5.74, 6) is -0.703. The van der Waals surface area contributed by atoms with E-state index >= 15 is 0 Å². The number of anilines is 1. The maximum Gasteiger partial charge on any atom is 0.314 e. The molecule has 6 heteroatoms. The van der Waals surface area contributed by atoms with E-state index in [1.807, 2.05) is 30.9 Å². The number of rotatable bonds is 4. The van der Waals surface area contributed by atoms with Gasteiger partial charge in [-0.05, 0) is 62.1 Å². The van der Waals surface area contributed by atoms with Gasteiger partial charge in [-0.2, -0.15) is 0 Å². The molecular weight excluding hydrogens is 335 g/mol. The van der Waals surface area contributed by atoms with Gasteiger partial charge in [-0.15, -0.1) is 0 Å². The predicted octanol–water partition coefficient (Wildman–Crippen LogP) is 2.72. The molecule has 1 aromatic carbocycles. The Morgan fingerprint density at radius 1 is 1.31 bits per heavy atom. The molecule has 26 heavy (non-hydrogen) atoms. The number of aliphatic hydroxyl groups excluding tert-OH is 1. The van der Waals surface area contributed by atoms with E-state index in [1.165, 1.54) is 12.1 Å². The number of hydrogen-bond acceptors (Lipinski definition) is 4. The average molecular weight is 358 g/mol. The number of aliphatic carboxylic acids is 1. The minimum absolute atomic E-state index is 0.130.